The molecule has 1 N–H and O–H groups in total. The van der Waals surface area contributed by atoms with Crippen molar-refractivity contribution in [2.75, 3.05) is 27.2 Å². The minimum atomic E-state index is 0.313. The molecule has 0 bridgehead atoms. The summed E-state index contributed by atoms with van der Waals surface area (Å²) in [5, 5.41) is 3.75. The lowest BCUT2D eigenvalue weighted by Gasteiger charge is -2.35. The number of hydrogen-bond donors (Lipinski definition) is 1. The second-order valence-corrected chi connectivity index (χ2v) is 6.08. The Hall–Kier alpha value is -1.06. The van der Waals surface area contributed by atoms with Gasteiger partial charge in [-0.25, -0.2) is 0 Å². The molecule has 2 rings (SSSR count). The molecule has 1 heterocycles. The largest absolute Gasteiger partial charge is 0.496 e. The van der Waals surface area contributed by atoms with E-state index in [0.717, 1.165) is 11.7 Å². The first-order valence-corrected chi connectivity index (χ1v) is 7.69. The number of nitrogens with zero attached hydrogens (tertiary/aromatic N) is 1. The quantitative estimate of drug-likeness (QED) is 0.894. The van der Waals surface area contributed by atoms with Gasteiger partial charge in [-0.1, -0.05) is 18.2 Å². The van der Waals surface area contributed by atoms with Crippen molar-refractivity contribution in [3.05, 3.63) is 29.8 Å². The predicted octanol–water partition coefficient (Wildman–Crippen LogP) is 3.08. The maximum Gasteiger partial charge on any atom is 0.123 e. The van der Waals surface area contributed by atoms with Gasteiger partial charge in [-0.3, -0.25) is 0 Å². The number of benzene rings is 1. The van der Waals surface area contributed by atoms with Gasteiger partial charge in [0, 0.05) is 24.2 Å². The molecule has 3 heteroatoms. The zero-order chi connectivity index (χ0) is 14.5. The smallest absolute Gasteiger partial charge is 0.123 e. The summed E-state index contributed by atoms with van der Waals surface area (Å²) in [5.74, 6) is 1.71. The van der Waals surface area contributed by atoms with Crippen molar-refractivity contribution in [3.8, 4) is 5.75 Å². The normalized spacial score (nSPS) is 23.3. The van der Waals surface area contributed by atoms with E-state index in [2.05, 4.69) is 43.2 Å². The van der Waals surface area contributed by atoms with Crippen LogP contribution in [-0.2, 0) is 0 Å². The summed E-state index contributed by atoms with van der Waals surface area (Å²) in [5.41, 5.74) is 1.24. The maximum atomic E-state index is 5.46. The molecule has 0 radical (unpaired) electrons. The molecular formula is C17H28N2O. The van der Waals surface area contributed by atoms with Crippen LogP contribution in [0.1, 0.15) is 38.3 Å². The van der Waals surface area contributed by atoms with Gasteiger partial charge in [-0.2, -0.15) is 0 Å². The van der Waals surface area contributed by atoms with Gasteiger partial charge in [0.25, 0.3) is 0 Å². The fraction of sp³-hybridized carbons (Fsp3) is 0.647. The Kier molecular flexibility index (Phi) is 5.44. The summed E-state index contributed by atoms with van der Waals surface area (Å²) >= 11 is 0. The molecule has 1 aliphatic heterocycles. The van der Waals surface area contributed by atoms with Crippen molar-refractivity contribution in [2.24, 2.45) is 5.92 Å². The van der Waals surface area contributed by atoms with Crippen LogP contribution >= 0.6 is 0 Å². The van der Waals surface area contributed by atoms with E-state index in [1.165, 1.54) is 31.5 Å². The third-order valence-electron chi connectivity index (χ3n) is 4.49. The third-order valence-corrected chi connectivity index (χ3v) is 4.49. The lowest BCUT2D eigenvalue weighted by atomic mass is 9.91. The second-order valence-electron chi connectivity index (χ2n) is 6.08. The van der Waals surface area contributed by atoms with E-state index in [1.54, 1.807) is 7.11 Å². The van der Waals surface area contributed by atoms with Crippen LogP contribution in [0.4, 0.5) is 0 Å². The fourth-order valence-electron chi connectivity index (χ4n) is 3.26. The molecule has 0 aromatic heterocycles. The summed E-state index contributed by atoms with van der Waals surface area (Å²) < 4.78 is 5.46. The van der Waals surface area contributed by atoms with E-state index in [4.69, 9.17) is 4.74 Å². The highest BCUT2D eigenvalue weighted by molar-refractivity contribution is 5.35. The van der Waals surface area contributed by atoms with Crippen LogP contribution in [-0.4, -0.2) is 38.2 Å². The van der Waals surface area contributed by atoms with Gasteiger partial charge in [0.1, 0.15) is 5.75 Å². The molecule has 1 aromatic rings. The summed E-state index contributed by atoms with van der Waals surface area (Å²) in [7, 11) is 3.97. The number of nitrogens with one attached hydrogen (secondary N) is 1. The molecule has 1 aliphatic rings. The molecule has 112 valence electrons. The molecular weight excluding hydrogens is 248 g/mol. The Morgan fingerprint density at radius 1 is 1.30 bits per heavy atom. The molecule has 0 aliphatic carbocycles. The van der Waals surface area contributed by atoms with Crippen LogP contribution in [0.25, 0.3) is 0 Å². The summed E-state index contributed by atoms with van der Waals surface area (Å²) in [6.45, 7) is 6.98. The highest BCUT2D eigenvalue weighted by Gasteiger charge is 2.24. The number of hydrogen-bond acceptors (Lipinski definition) is 3. The number of ether oxygens (including phenoxy) is 1. The average molecular weight is 276 g/mol. The number of rotatable bonds is 5. The summed E-state index contributed by atoms with van der Waals surface area (Å²) in [4.78, 5) is 2.44. The zero-order valence-corrected chi connectivity index (χ0v) is 13.2. The minimum Gasteiger partial charge on any atom is -0.496 e. The Balaban J connectivity index is 1.98. The van der Waals surface area contributed by atoms with Crippen LogP contribution in [0.3, 0.4) is 0 Å². The van der Waals surface area contributed by atoms with Crippen LogP contribution in [0.2, 0.25) is 0 Å². The molecule has 1 fully saturated rings. The average Bonchev–Trinajstić information content (AvgIpc) is 2.47. The van der Waals surface area contributed by atoms with Crippen molar-refractivity contribution >= 4 is 0 Å². The van der Waals surface area contributed by atoms with E-state index < -0.39 is 0 Å². The van der Waals surface area contributed by atoms with Crippen molar-refractivity contribution in [1.29, 1.82) is 0 Å². The monoisotopic (exact) mass is 276 g/mol. The molecule has 3 atom stereocenters. The molecule has 3 unspecified atom stereocenters. The van der Waals surface area contributed by atoms with Crippen molar-refractivity contribution in [2.45, 2.75) is 38.8 Å². The van der Waals surface area contributed by atoms with Crippen molar-refractivity contribution in [3.63, 3.8) is 0 Å². The first kappa shape index (κ1) is 15.3. The molecule has 0 saturated carbocycles. The predicted molar refractivity (Wildman–Crippen MR) is 84.2 cm³/mol. The number of para-hydroxylation sites is 1. The molecule has 1 saturated heterocycles. The second kappa shape index (κ2) is 7.09. The van der Waals surface area contributed by atoms with Crippen LogP contribution < -0.4 is 10.1 Å². The topological polar surface area (TPSA) is 24.5 Å². The molecule has 3 nitrogen and oxygen atoms in total. The Labute approximate surface area is 123 Å². The van der Waals surface area contributed by atoms with Crippen molar-refractivity contribution < 1.29 is 4.74 Å². The summed E-state index contributed by atoms with van der Waals surface area (Å²) in [6.07, 6.45) is 2.65. The molecule has 0 amide bonds. The van der Waals surface area contributed by atoms with Gasteiger partial charge < -0.3 is 15.0 Å². The lowest BCUT2D eigenvalue weighted by molar-refractivity contribution is 0.174. The number of likely N-dealkylation sites (tertiary alicyclic amines) is 1. The Morgan fingerprint density at radius 2 is 2.05 bits per heavy atom. The SMILES string of the molecule is COc1ccccc1C(C)NC(C)C1CCCN(C)C1. The molecule has 1 aromatic carbocycles. The van der Waals surface area contributed by atoms with Crippen LogP contribution in [0.5, 0.6) is 5.75 Å². The van der Waals surface area contributed by atoms with Gasteiger partial charge >= 0.3 is 0 Å². The van der Waals surface area contributed by atoms with E-state index >= 15 is 0 Å². The first-order valence-electron chi connectivity index (χ1n) is 7.69. The first-order chi connectivity index (χ1) is 9.61. The van der Waals surface area contributed by atoms with Crippen molar-refractivity contribution in [1.82, 2.24) is 10.2 Å². The van der Waals surface area contributed by atoms with Gasteiger partial charge in [0.05, 0.1) is 7.11 Å². The number of piperidine rings is 1. The number of methoxy groups -OCH3 is 1. The van der Waals surface area contributed by atoms with Gasteiger partial charge in [0.15, 0.2) is 0 Å². The Bertz CT molecular complexity index is 421. The lowest BCUT2D eigenvalue weighted by Crippen LogP contribution is -2.43. The zero-order valence-electron chi connectivity index (χ0n) is 13.2. The standard InChI is InChI=1S/C17H28N2O/c1-13(15-8-7-11-19(3)12-15)18-14(2)16-9-5-6-10-17(16)20-4/h5-6,9-10,13-15,18H,7-8,11-12H2,1-4H3. The minimum absolute atomic E-state index is 0.313. The van der Waals surface area contributed by atoms with Gasteiger partial charge in [-0.05, 0) is 52.3 Å². The van der Waals surface area contributed by atoms with E-state index in [-0.39, 0.29) is 0 Å². The fourth-order valence-corrected chi connectivity index (χ4v) is 3.26. The van der Waals surface area contributed by atoms with Gasteiger partial charge in [0.2, 0.25) is 0 Å². The van der Waals surface area contributed by atoms with Gasteiger partial charge in [-0.15, -0.1) is 0 Å². The molecule has 20 heavy (non-hydrogen) atoms. The Morgan fingerprint density at radius 3 is 2.75 bits per heavy atom. The van der Waals surface area contributed by atoms with Crippen LogP contribution in [0.15, 0.2) is 24.3 Å². The van der Waals surface area contributed by atoms with Crippen LogP contribution in [0, 0.1) is 5.92 Å². The van der Waals surface area contributed by atoms with E-state index in [1.807, 2.05) is 12.1 Å². The summed E-state index contributed by atoms with van der Waals surface area (Å²) in [6, 6.07) is 9.12. The molecule has 0 spiro atoms. The maximum absolute atomic E-state index is 5.46. The van der Waals surface area contributed by atoms with E-state index in [0.29, 0.717) is 12.1 Å². The van der Waals surface area contributed by atoms with E-state index in [9.17, 15) is 0 Å². The third kappa shape index (κ3) is 3.74. The highest BCUT2D eigenvalue weighted by Crippen LogP contribution is 2.26. The highest BCUT2D eigenvalue weighted by atomic mass is 16.5.